The van der Waals surface area contributed by atoms with Gasteiger partial charge >= 0.3 is 5.69 Å². The Labute approximate surface area is 129 Å². The number of aryl methyl sites for hydroxylation is 1. The van der Waals surface area contributed by atoms with Gasteiger partial charge in [0.05, 0.1) is 4.92 Å². The average molecular weight is 327 g/mol. The second-order valence-corrected chi connectivity index (χ2v) is 4.80. The lowest BCUT2D eigenvalue weighted by molar-refractivity contribution is -0.385. The lowest BCUT2D eigenvalue weighted by atomic mass is 10.1. The number of nitro groups is 1. The number of nitrogens with zero attached hydrogens (tertiary/aromatic N) is 3. The fourth-order valence-electron chi connectivity index (χ4n) is 1.64. The number of nitrogens with one attached hydrogen (secondary N) is 1. The minimum atomic E-state index is -0.745. The molecule has 1 aromatic carbocycles. The molecule has 1 heterocycles. The first-order valence-electron chi connectivity index (χ1n) is 5.64. The van der Waals surface area contributed by atoms with Gasteiger partial charge in [0.2, 0.25) is 5.95 Å². The van der Waals surface area contributed by atoms with Crippen LogP contribution in [0.2, 0.25) is 10.2 Å². The predicted octanol–water partition coefficient (Wildman–Crippen LogP) is 3.25. The Hall–Kier alpha value is -2.25. The highest BCUT2D eigenvalue weighted by Gasteiger charge is 2.24. The van der Waals surface area contributed by atoms with Crippen molar-refractivity contribution in [3.05, 3.63) is 55.8 Å². The lowest BCUT2D eigenvalue weighted by Crippen LogP contribution is -2.16. The normalized spacial score (nSPS) is 10.2. The number of benzene rings is 1. The summed E-state index contributed by atoms with van der Waals surface area (Å²) < 4.78 is 0. The summed E-state index contributed by atoms with van der Waals surface area (Å²) in [4.78, 5) is 30.2. The van der Waals surface area contributed by atoms with Crippen molar-refractivity contribution >= 4 is 40.7 Å². The smallest absolute Gasteiger partial charge is 0.290 e. The summed E-state index contributed by atoms with van der Waals surface area (Å²) in [5, 5.41) is 13.4. The highest BCUT2D eigenvalue weighted by atomic mass is 35.5. The van der Waals surface area contributed by atoms with Crippen molar-refractivity contribution in [3.63, 3.8) is 0 Å². The Balaban J connectivity index is 2.37. The first-order valence-corrected chi connectivity index (χ1v) is 6.39. The number of hydrogen-bond donors (Lipinski definition) is 1. The molecule has 0 saturated heterocycles. The molecular formula is C12H8Cl2N4O3. The van der Waals surface area contributed by atoms with Crippen molar-refractivity contribution in [2.75, 3.05) is 5.32 Å². The summed E-state index contributed by atoms with van der Waals surface area (Å²) in [6.07, 6.45) is 0. The largest absolute Gasteiger partial charge is 0.300 e. The molecule has 1 N–H and O–H groups in total. The molecule has 0 saturated carbocycles. The molecule has 0 unspecified atom stereocenters. The Morgan fingerprint density at radius 1 is 1.33 bits per heavy atom. The molecular weight excluding hydrogens is 319 g/mol. The summed E-state index contributed by atoms with van der Waals surface area (Å²) in [5.41, 5.74) is -0.116. The molecule has 0 atom stereocenters. The Kier molecular flexibility index (Phi) is 4.35. The maximum absolute atomic E-state index is 12.1. The van der Waals surface area contributed by atoms with E-state index in [0.717, 1.165) is 0 Å². The topological polar surface area (TPSA) is 98.0 Å². The van der Waals surface area contributed by atoms with E-state index in [2.05, 4.69) is 15.3 Å². The maximum atomic E-state index is 12.1. The van der Waals surface area contributed by atoms with Gasteiger partial charge in [0, 0.05) is 5.69 Å². The van der Waals surface area contributed by atoms with Gasteiger partial charge in [-0.05, 0) is 25.1 Å². The molecule has 0 aliphatic heterocycles. The zero-order valence-electron chi connectivity index (χ0n) is 10.6. The van der Waals surface area contributed by atoms with Crippen LogP contribution in [0.5, 0.6) is 0 Å². The van der Waals surface area contributed by atoms with Crippen LogP contribution < -0.4 is 5.32 Å². The van der Waals surface area contributed by atoms with Crippen LogP contribution in [0.15, 0.2) is 24.3 Å². The van der Waals surface area contributed by atoms with Crippen molar-refractivity contribution < 1.29 is 9.72 Å². The van der Waals surface area contributed by atoms with Gasteiger partial charge in [0.15, 0.2) is 0 Å². The van der Waals surface area contributed by atoms with Gasteiger partial charge in [-0.25, -0.2) is 9.97 Å². The number of halogens is 2. The quantitative estimate of drug-likeness (QED) is 0.530. The molecule has 0 bridgehead atoms. The van der Waals surface area contributed by atoms with Gasteiger partial charge < -0.3 is 0 Å². The van der Waals surface area contributed by atoms with Crippen LogP contribution in [0, 0.1) is 17.0 Å². The van der Waals surface area contributed by atoms with Gasteiger partial charge in [-0.3, -0.25) is 20.2 Å². The SMILES string of the molecule is Cc1cc(Cl)nc(NC(=O)c2cccc(Cl)c2[N+](=O)[O-])n1. The lowest BCUT2D eigenvalue weighted by Gasteiger charge is -2.06. The third-order valence-corrected chi connectivity index (χ3v) is 2.96. The third kappa shape index (κ3) is 3.45. The van der Waals surface area contributed by atoms with Gasteiger partial charge in [0.1, 0.15) is 15.7 Å². The Bertz CT molecular complexity index is 716. The molecule has 7 nitrogen and oxygen atoms in total. The molecule has 0 radical (unpaired) electrons. The summed E-state index contributed by atoms with van der Waals surface area (Å²) in [7, 11) is 0. The monoisotopic (exact) mass is 326 g/mol. The van der Waals surface area contributed by atoms with E-state index in [1.54, 1.807) is 6.92 Å². The first kappa shape index (κ1) is 15.1. The predicted molar refractivity (Wildman–Crippen MR) is 77.8 cm³/mol. The summed E-state index contributed by atoms with van der Waals surface area (Å²) in [6, 6.07) is 5.57. The minimum absolute atomic E-state index is 0.0423. The molecule has 0 fully saturated rings. The average Bonchev–Trinajstić information content (AvgIpc) is 2.36. The third-order valence-electron chi connectivity index (χ3n) is 2.46. The van der Waals surface area contributed by atoms with Crippen LogP contribution in [-0.4, -0.2) is 20.8 Å². The molecule has 2 aromatic rings. The Morgan fingerprint density at radius 2 is 2.05 bits per heavy atom. The molecule has 0 spiro atoms. The van der Waals surface area contributed by atoms with E-state index in [-0.39, 0.29) is 21.7 Å². The number of anilines is 1. The number of nitro benzene ring substituents is 1. The van der Waals surface area contributed by atoms with Crippen molar-refractivity contribution in [3.8, 4) is 0 Å². The van der Waals surface area contributed by atoms with Gasteiger partial charge in [-0.15, -0.1) is 0 Å². The van der Waals surface area contributed by atoms with Crippen LogP contribution >= 0.6 is 23.2 Å². The summed E-state index contributed by atoms with van der Waals surface area (Å²) in [5.74, 6) is -0.787. The van der Waals surface area contributed by atoms with E-state index >= 15 is 0 Å². The number of amides is 1. The van der Waals surface area contributed by atoms with E-state index in [4.69, 9.17) is 23.2 Å². The fraction of sp³-hybridized carbons (Fsp3) is 0.0833. The zero-order valence-corrected chi connectivity index (χ0v) is 12.1. The van der Waals surface area contributed by atoms with Crippen LogP contribution in [-0.2, 0) is 0 Å². The maximum Gasteiger partial charge on any atom is 0.300 e. The molecule has 108 valence electrons. The van der Waals surface area contributed by atoms with Gasteiger partial charge in [-0.2, -0.15) is 0 Å². The van der Waals surface area contributed by atoms with Gasteiger partial charge in [-0.1, -0.05) is 29.3 Å². The van der Waals surface area contributed by atoms with Crippen molar-refractivity contribution in [1.29, 1.82) is 0 Å². The Morgan fingerprint density at radius 3 is 2.67 bits per heavy atom. The number of carbonyl (C=O) groups excluding carboxylic acids is 1. The number of aromatic nitrogens is 2. The van der Waals surface area contributed by atoms with E-state index in [0.29, 0.717) is 5.69 Å². The number of rotatable bonds is 3. The first-order chi connectivity index (χ1) is 9.88. The van der Waals surface area contributed by atoms with Crippen molar-refractivity contribution in [1.82, 2.24) is 9.97 Å². The number of carbonyl (C=O) groups is 1. The zero-order chi connectivity index (χ0) is 15.6. The van der Waals surface area contributed by atoms with Crippen molar-refractivity contribution in [2.45, 2.75) is 6.92 Å². The highest BCUT2D eigenvalue weighted by molar-refractivity contribution is 6.33. The second kappa shape index (κ2) is 6.02. The van der Waals surface area contributed by atoms with Crippen LogP contribution in [0.3, 0.4) is 0 Å². The number of hydrogen-bond acceptors (Lipinski definition) is 5. The molecule has 9 heteroatoms. The van der Waals surface area contributed by atoms with E-state index in [1.807, 2.05) is 0 Å². The molecule has 1 amide bonds. The fourth-order valence-corrected chi connectivity index (χ4v) is 2.12. The molecule has 0 aliphatic rings. The van der Waals surface area contributed by atoms with Crippen molar-refractivity contribution in [2.24, 2.45) is 0 Å². The molecule has 0 aliphatic carbocycles. The molecule has 21 heavy (non-hydrogen) atoms. The second-order valence-electron chi connectivity index (χ2n) is 4.00. The van der Waals surface area contributed by atoms with Crippen LogP contribution in [0.25, 0.3) is 0 Å². The van der Waals surface area contributed by atoms with E-state index in [9.17, 15) is 14.9 Å². The van der Waals surface area contributed by atoms with Crippen LogP contribution in [0.1, 0.15) is 16.1 Å². The number of para-hydroxylation sites is 1. The summed E-state index contributed by atoms with van der Waals surface area (Å²) in [6.45, 7) is 1.67. The standard InChI is InChI=1S/C12H8Cl2N4O3/c1-6-5-9(14)16-12(15-6)17-11(19)7-3-2-4-8(13)10(7)18(20)21/h2-5H,1H3,(H,15,16,17,19). The van der Waals surface area contributed by atoms with E-state index < -0.39 is 16.5 Å². The minimum Gasteiger partial charge on any atom is -0.290 e. The summed E-state index contributed by atoms with van der Waals surface area (Å²) >= 11 is 11.5. The van der Waals surface area contributed by atoms with Gasteiger partial charge in [0.25, 0.3) is 5.91 Å². The molecule has 2 rings (SSSR count). The van der Waals surface area contributed by atoms with E-state index in [1.165, 1.54) is 24.3 Å². The molecule has 1 aromatic heterocycles. The highest BCUT2D eigenvalue weighted by Crippen LogP contribution is 2.28. The van der Waals surface area contributed by atoms with Crippen LogP contribution in [0.4, 0.5) is 11.6 Å².